The summed E-state index contributed by atoms with van der Waals surface area (Å²) < 4.78 is 11.6. The average Bonchev–Trinajstić information content (AvgIpc) is 3.09. The minimum atomic E-state index is -0.523. The Morgan fingerprint density at radius 2 is 1.38 bits per heavy atom. The Hall–Kier alpha value is -2.57. The molecule has 4 rings (SSSR count). The van der Waals surface area contributed by atoms with Crippen LogP contribution in [0.5, 0.6) is 11.5 Å². The predicted molar refractivity (Wildman–Crippen MR) is 137 cm³/mol. The van der Waals surface area contributed by atoms with Crippen LogP contribution < -0.4 is 9.47 Å². The molecule has 0 aromatic heterocycles. The number of nitrogens with zero attached hydrogens (tertiary/aromatic N) is 2. The maximum Gasteiger partial charge on any atom is 0.119 e. The number of rotatable bonds is 10. The smallest absolute Gasteiger partial charge is 0.119 e. The van der Waals surface area contributed by atoms with Crippen molar-refractivity contribution in [2.75, 3.05) is 39.3 Å². The van der Waals surface area contributed by atoms with Gasteiger partial charge in [0.25, 0.3) is 0 Å². The summed E-state index contributed by atoms with van der Waals surface area (Å²) in [7, 11) is 0. The normalized spacial score (nSPS) is 16.1. The molecular weight excluding hydrogens is 448 g/mol. The molecule has 1 N–H and O–H groups in total. The summed E-state index contributed by atoms with van der Waals surface area (Å²) in [5.74, 6) is 1.62. The highest BCUT2D eigenvalue weighted by Crippen LogP contribution is 2.17. The monoisotopic (exact) mass is 480 g/mol. The van der Waals surface area contributed by atoms with E-state index >= 15 is 0 Å². The van der Waals surface area contributed by atoms with Gasteiger partial charge in [-0.1, -0.05) is 54.1 Å². The summed E-state index contributed by atoms with van der Waals surface area (Å²) in [6, 6.07) is 25.9. The van der Waals surface area contributed by atoms with Crippen molar-refractivity contribution in [3.8, 4) is 11.5 Å². The SMILES string of the molecule is OC(COc1ccc(Cl)cc1)CN1CCCN(Cc2ccc(OCc3ccccc3)cc2)CC1. The number of hydrogen-bond acceptors (Lipinski definition) is 5. The number of aliphatic hydroxyl groups excluding tert-OH is 1. The molecule has 1 fully saturated rings. The molecule has 1 atom stereocenters. The molecular formula is C28H33ClN2O3. The van der Waals surface area contributed by atoms with Gasteiger partial charge in [-0.2, -0.15) is 0 Å². The van der Waals surface area contributed by atoms with Crippen molar-refractivity contribution in [2.45, 2.75) is 25.7 Å². The lowest BCUT2D eigenvalue weighted by Gasteiger charge is -2.24. The van der Waals surface area contributed by atoms with E-state index in [0.29, 0.717) is 18.2 Å². The van der Waals surface area contributed by atoms with Gasteiger partial charge in [0.15, 0.2) is 0 Å². The molecule has 1 aliphatic heterocycles. The Bertz CT molecular complexity index is 983. The van der Waals surface area contributed by atoms with E-state index in [2.05, 4.69) is 46.2 Å². The van der Waals surface area contributed by atoms with Crippen molar-refractivity contribution in [1.29, 1.82) is 0 Å². The molecule has 3 aromatic carbocycles. The molecule has 0 saturated carbocycles. The molecule has 34 heavy (non-hydrogen) atoms. The van der Waals surface area contributed by atoms with Gasteiger partial charge < -0.3 is 14.6 Å². The molecule has 0 aliphatic carbocycles. The van der Waals surface area contributed by atoms with Gasteiger partial charge in [0.1, 0.15) is 30.8 Å². The maximum absolute atomic E-state index is 10.4. The maximum atomic E-state index is 10.4. The van der Waals surface area contributed by atoms with Gasteiger partial charge in [-0.3, -0.25) is 9.80 Å². The Morgan fingerprint density at radius 3 is 2.15 bits per heavy atom. The Kier molecular flexibility index (Phi) is 9.22. The number of benzene rings is 3. The van der Waals surface area contributed by atoms with Gasteiger partial charge in [0, 0.05) is 31.2 Å². The Labute approximate surface area is 207 Å². The molecule has 180 valence electrons. The van der Waals surface area contributed by atoms with Gasteiger partial charge in [-0.05, 0) is 67.0 Å². The van der Waals surface area contributed by atoms with Crippen molar-refractivity contribution in [2.24, 2.45) is 0 Å². The first-order valence-corrected chi connectivity index (χ1v) is 12.3. The third-order valence-corrected chi connectivity index (χ3v) is 6.24. The van der Waals surface area contributed by atoms with Crippen LogP contribution in [0.2, 0.25) is 5.02 Å². The molecule has 0 radical (unpaired) electrons. The molecule has 0 amide bonds. The lowest BCUT2D eigenvalue weighted by molar-refractivity contribution is 0.0693. The fourth-order valence-corrected chi connectivity index (χ4v) is 4.26. The zero-order valence-corrected chi connectivity index (χ0v) is 20.2. The highest BCUT2D eigenvalue weighted by molar-refractivity contribution is 6.30. The van der Waals surface area contributed by atoms with Crippen LogP contribution in [0.15, 0.2) is 78.9 Å². The molecule has 1 heterocycles. The van der Waals surface area contributed by atoms with Crippen molar-refractivity contribution in [3.63, 3.8) is 0 Å². The molecule has 1 saturated heterocycles. The summed E-state index contributed by atoms with van der Waals surface area (Å²) in [5, 5.41) is 11.1. The van der Waals surface area contributed by atoms with Crippen LogP contribution in [0.1, 0.15) is 17.5 Å². The number of aliphatic hydroxyl groups is 1. The second-order valence-corrected chi connectivity index (χ2v) is 9.20. The van der Waals surface area contributed by atoms with Crippen LogP contribution in [-0.2, 0) is 13.2 Å². The summed E-state index contributed by atoms with van der Waals surface area (Å²) in [6.07, 6.45) is 0.564. The van der Waals surface area contributed by atoms with Crippen LogP contribution in [0.4, 0.5) is 0 Å². The van der Waals surface area contributed by atoms with E-state index in [1.54, 1.807) is 12.1 Å². The van der Waals surface area contributed by atoms with E-state index in [1.807, 2.05) is 30.3 Å². The molecule has 0 spiro atoms. The lowest BCUT2D eigenvalue weighted by Crippen LogP contribution is -2.38. The zero-order valence-electron chi connectivity index (χ0n) is 19.5. The molecule has 5 nitrogen and oxygen atoms in total. The quantitative estimate of drug-likeness (QED) is 0.448. The molecule has 1 aliphatic rings. The van der Waals surface area contributed by atoms with E-state index in [0.717, 1.165) is 50.6 Å². The van der Waals surface area contributed by atoms with Crippen molar-refractivity contribution in [3.05, 3.63) is 95.0 Å². The van der Waals surface area contributed by atoms with Gasteiger partial charge >= 0.3 is 0 Å². The fourth-order valence-electron chi connectivity index (χ4n) is 4.13. The van der Waals surface area contributed by atoms with Crippen LogP contribution in [0, 0.1) is 0 Å². The minimum absolute atomic E-state index is 0.278. The minimum Gasteiger partial charge on any atom is -0.491 e. The Balaban J connectivity index is 1.17. The highest BCUT2D eigenvalue weighted by atomic mass is 35.5. The van der Waals surface area contributed by atoms with E-state index in [-0.39, 0.29) is 6.61 Å². The third kappa shape index (κ3) is 8.03. The van der Waals surface area contributed by atoms with Gasteiger partial charge in [0.05, 0.1) is 0 Å². The highest BCUT2D eigenvalue weighted by Gasteiger charge is 2.18. The topological polar surface area (TPSA) is 45.2 Å². The van der Waals surface area contributed by atoms with Crippen molar-refractivity contribution in [1.82, 2.24) is 9.80 Å². The lowest BCUT2D eigenvalue weighted by atomic mass is 10.2. The predicted octanol–water partition coefficient (Wildman–Crippen LogP) is 4.87. The van der Waals surface area contributed by atoms with Crippen LogP contribution in [-0.4, -0.2) is 60.3 Å². The fraction of sp³-hybridized carbons (Fsp3) is 0.357. The zero-order chi connectivity index (χ0) is 23.6. The Morgan fingerprint density at radius 1 is 0.735 bits per heavy atom. The molecule has 6 heteroatoms. The largest absolute Gasteiger partial charge is 0.491 e. The summed E-state index contributed by atoms with van der Waals surface area (Å²) in [5.41, 5.74) is 2.46. The summed E-state index contributed by atoms with van der Waals surface area (Å²) in [6.45, 7) is 6.37. The van der Waals surface area contributed by atoms with Crippen molar-refractivity contribution >= 4 is 11.6 Å². The van der Waals surface area contributed by atoms with Gasteiger partial charge in [0.2, 0.25) is 0 Å². The van der Waals surface area contributed by atoms with E-state index in [4.69, 9.17) is 21.1 Å². The third-order valence-electron chi connectivity index (χ3n) is 5.98. The van der Waals surface area contributed by atoms with Gasteiger partial charge in [-0.15, -0.1) is 0 Å². The average molecular weight is 481 g/mol. The first-order valence-electron chi connectivity index (χ1n) is 11.9. The second kappa shape index (κ2) is 12.8. The number of halogens is 1. The number of ether oxygens (including phenoxy) is 2. The van der Waals surface area contributed by atoms with Crippen LogP contribution in [0.3, 0.4) is 0 Å². The summed E-state index contributed by atoms with van der Waals surface area (Å²) in [4.78, 5) is 4.81. The standard InChI is InChI=1S/C28H33ClN2O3/c29-25-9-13-28(14-10-25)34-22-26(32)20-31-16-4-15-30(17-18-31)19-23-7-11-27(12-8-23)33-21-24-5-2-1-3-6-24/h1-3,5-14,26,32H,4,15-22H2. The number of hydrogen-bond donors (Lipinski definition) is 1. The van der Waals surface area contributed by atoms with Crippen LogP contribution >= 0.6 is 11.6 Å². The summed E-state index contributed by atoms with van der Waals surface area (Å²) >= 11 is 5.90. The van der Waals surface area contributed by atoms with Crippen LogP contribution in [0.25, 0.3) is 0 Å². The van der Waals surface area contributed by atoms with Crippen molar-refractivity contribution < 1.29 is 14.6 Å². The molecule has 1 unspecified atom stereocenters. The second-order valence-electron chi connectivity index (χ2n) is 8.77. The number of β-amino-alcohol motifs (C(OH)–C–C–N with tert-alkyl or cyclic N) is 1. The van der Waals surface area contributed by atoms with Gasteiger partial charge in [-0.25, -0.2) is 0 Å². The first-order chi connectivity index (χ1) is 16.6. The van der Waals surface area contributed by atoms with E-state index in [9.17, 15) is 5.11 Å². The molecule has 0 bridgehead atoms. The van der Waals surface area contributed by atoms with E-state index < -0.39 is 6.10 Å². The molecule has 3 aromatic rings. The van der Waals surface area contributed by atoms with E-state index in [1.165, 1.54) is 11.1 Å². The first kappa shape index (κ1) is 24.6.